The van der Waals surface area contributed by atoms with Gasteiger partial charge in [-0.05, 0) is 38.1 Å². The Morgan fingerprint density at radius 2 is 2.04 bits per heavy atom. The van der Waals surface area contributed by atoms with Crippen LogP contribution < -0.4 is 16.3 Å². The molecule has 3 aromatic rings. The molecule has 0 aliphatic heterocycles. The molecule has 3 rings (SSSR count). The lowest BCUT2D eigenvalue weighted by atomic mass is 10.2. The van der Waals surface area contributed by atoms with Crippen LogP contribution in [0.5, 0.6) is 0 Å². The second-order valence-corrected chi connectivity index (χ2v) is 7.20. The molecule has 1 heterocycles. The number of carbonyl (C=O) groups excluding carboxylic acids is 1. The van der Waals surface area contributed by atoms with Crippen LogP contribution in [0.25, 0.3) is 10.9 Å². The van der Waals surface area contributed by atoms with Gasteiger partial charge in [-0.25, -0.2) is 4.39 Å². The summed E-state index contributed by atoms with van der Waals surface area (Å²) in [5, 5.41) is 1.93. The number of aromatic amines is 1. The summed E-state index contributed by atoms with van der Waals surface area (Å²) in [6.07, 6.45) is 0. The van der Waals surface area contributed by atoms with Gasteiger partial charge in [-0.1, -0.05) is 23.8 Å². The molecule has 0 aliphatic carbocycles. The second-order valence-electron chi connectivity index (χ2n) is 5.43. The number of aromatic nitrogens is 1. The molecule has 4 nitrogen and oxygen atoms in total. The highest BCUT2D eigenvalue weighted by Crippen LogP contribution is 2.40. The van der Waals surface area contributed by atoms with E-state index in [9.17, 15) is 9.18 Å². The minimum absolute atomic E-state index is 0.276. The van der Waals surface area contributed by atoms with Crippen LogP contribution in [0.1, 0.15) is 23.0 Å². The first-order chi connectivity index (χ1) is 11.5. The van der Waals surface area contributed by atoms with Crippen LogP contribution in [-0.4, -0.2) is 17.5 Å². The molecule has 1 unspecified atom stereocenters. The van der Waals surface area contributed by atoms with Crippen molar-refractivity contribution in [3.05, 3.63) is 59.5 Å². The first-order valence-corrected chi connectivity index (χ1v) is 8.88. The van der Waals surface area contributed by atoms with E-state index in [2.05, 4.69) is 4.98 Å². The number of aryl methyl sites for hydroxylation is 1. The monoisotopic (exact) mass is 344 g/mol. The maximum atomic E-state index is 14.4. The van der Waals surface area contributed by atoms with Gasteiger partial charge in [-0.15, -0.1) is 0 Å². The van der Waals surface area contributed by atoms with Crippen LogP contribution in [0.3, 0.4) is 0 Å². The average molecular weight is 344 g/mol. The molecule has 0 bridgehead atoms. The summed E-state index contributed by atoms with van der Waals surface area (Å²) in [6.45, 7) is 4.21. The summed E-state index contributed by atoms with van der Waals surface area (Å²) < 4.78 is 20.3. The van der Waals surface area contributed by atoms with Gasteiger partial charge in [-0.3, -0.25) is 4.79 Å². The SMILES string of the molecule is CCOP(c1ccccc1F)c1c(C(N)=O)[nH]c2ccc(C)cc12. The number of fused-ring (bicyclic) bond motifs is 1. The standard InChI is InChI=1S/C18H18FN2O2P/c1-3-23-24(15-7-5-4-6-13(15)19)17-12-10-11(2)8-9-14(12)21-16(17)18(20)22/h4-10,21H,3H2,1-2H3,(H2,20,22). The van der Waals surface area contributed by atoms with E-state index in [0.29, 0.717) is 17.2 Å². The fourth-order valence-corrected chi connectivity index (χ4v) is 4.71. The number of benzene rings is 2. The summed E-state index contributed by atoms with van der Waals surface area (Å²) in [4.78, 5) is 15.0. The molecule has 3 N–H and O–H groups in total. The van der Waals surface area contributed by atoms with Gasteiger partial charge in [0.15, 0.2) is 0 Å². The Kier molecular flexibility index (Phi) is 4.65. The fourth-order valence-electron chi connectivity index (χ4n) is 2.68. The molecule has 0 spiro atoms. The van der Waals surface area contributed by atoms with Crippen molar-refractivity contribution in [3.63, 3.8) is 0 Å². The third-order valence-electron chi connectivity index (χ3n) is 3.71. The van der Waals surface area contributed by atoms with Crippen molar-refractivity contribution in [1.29, 1.82) is 0 Å². The molecule has 1 amide bonds. The van der Waals surface area contributed by atoms with E-state index < -0.39 is 14.1 Å². The summed E-state index contributed by atoms with van der Waals surface area (Å²) >= 11 is 0. The first kappa shape index (κ1) is 16.6. The zero-order chi connectivity index (χ0) is 17.3. The van der Waals surface area contributed by atoms with Crippen molar-refractivity contribution in [3.8, 4) is 0 Å². The first-order valence-electron chi connectivity index (χ1n) is 7.62. The molecule has 6 heteroatoms. The molecule has 0 saturated carbocycles. The Bertz CT molecular complexity index is 907. The van der Waals surface area contributed by atoms with E-state index in [1.54, 1.807) is 18.2 Å². The number of H-pyrrole nitrogens is 1. The van der Waals surface area contributed by atoms with Gasteiger partial charge in [0.2, 0.25) is 0 Å². The van der Waals surface area contributed by atoms with Gasteiger partial charge in [0.1, 0.15) is 11.5 Å². The molecule has 0 saturated heterocycles. The quantitative estimate of drug-likeness (QED) is 0.699. The molecule has 1 aromatic heterocycles. The molecule has 124 valence electrons. The number of halogens is 1. The number of nitrogens with two attached hydrogens (primary N) is 1. The molecule has 0 aliphatic rings. The highest BCUT2D eigenvalue weighted by Gasteiger charge is 2.27. The molecule has 1 atom stereocenters. The second kappa shape index (κ2) is 6.71. The number of amides is 1. The summed E-state index contributed by atoms with van der Waals surface area (Å²) in [5.41, 5.74) is 7.66. The highest BCUT2D eigenvalue weighted by atomic mass is 31.1. The summed E-state index contributed by atoms with van der Waals surface area (Å²) in [6, 6.07) is 12.3. The normalized spacial score (nSPS) is 12.5. The van der Waals surface area contributed by atoms with Gasteiger partial charge in [0, 0.05) is 28.1 Å². The number of primary amides is 1. The van der Waals surface area contributed by atoms with Gasteiger partial charge >= 0.3 is 0 Å². The Morgan fingerprint density at radius 3 is 2.71 bits per heavy atom. The average Bonchev–Trinajstić information content (AvgIpc) is 2.92. The number of hydrogen-bond acceptors (Lipinski definition) is 2. The minimum Gasteiger partial charge on any atom is -0.364 e. The third-order valence-corrected chi connectivity index (χ3v) is 5.89. The minimum atomic E-state index is -1.51. The van der Waals surface area contributed by atoms with Crippen molar-refractivity contribution < 1.29 is 13.7 Å². The van der Waals surface area contributed by atoms with E-state index in [4.69, 9.17) is 10.3 Å². The van der Waals surface area contributed by atoms with Gasteiger partial charge in [-0.2, -0.15) is 0 Å². The third kappa shape index (κ3) is 2.93. The highest BCUT2D eigenvalue weighted by molar-refractivity contribution is 7.69. The van der Waals surface area contributed by atoms with E-state index in [1.807, 2.05) is 32.0 Å². The van der Waals surface area contributed by atoms with Crippen LogP contribution >= 0.6 is 8.15 Å². The zero-order valence-corrected chi connectivity index (χ0v) is 14.4. The summed E-state index contributed by atoms with van der Waals surface area (Å²) in [7, 11) is -1.51. The Hall–Kier alpha value is -2.23. The smallest absolute Gasteiger partial charge is 0.265 e. The predicted molar refractivity (Wildman–Crippen MR) is 95.8 cm³/mol. The van der Waals surface area contributed by atoms with E-state index in [1.165, 1.54) is 6.07 Å². The molecular formula is C18H18FN2O2P. The van der Waals surface area contributed by atoms with Crippen molar-refractivity contribution in [2.45, 2.75) is 13.8 Å². The lowest BCUT2D eigenvalue weighted by Gasteiger charge is -2.18. The molecular weight excluding hydrogens is 326 g/mol. The largest absolute Gasteiger partial charge is 0.364 e. The maximum absolute atomic E-state index is 14.4. The molecule has 0 fully saturated rings. The van der Waals surface area contributed by atoms with Crippen LogP contribution in [-0.2, 0) is 4.52 Å². The fraction of sp³-hybridized carbons (Fsp3) is 0.167. The van der Waals surface area contributed by atoms with Crippen molar-refractivity contribution in [2.75, 3.05) is 6.61 Å². The predicted octanol–water partition coefficient (Wildman–Crippen LogP) is 3.10. The van der Waals surface area contributed by atoms with Crippen LogP contribution in [0.4, 0.5) is 4.39 Å². The lowest BCUT2D eigenvalue weighted by molar-refractivity contribution is 0.0997. The van der Waals surface area contributed by atoms with Gasteiger partial charge in [0.25, 0.3) is 5.91 Å². The number of rotatable bonds is 5. The zero-order valence-electron chi connectivity index (χ0n) is 13.5. The maximum Gasteiger partial charge on any atom is 0.265 e. The molecule has 2 aromatic carbocycles. The number of hydrogen-bond donors (Lipinski definition) is 2. The molecule has 0 radical (unpaired) electrons. The topological polar surface area (TPSA) is 68.1 Å². The van der Waals surface area contributed by atoms with E-state index >= 15 is 0 Å². The Morgan fingerprint density at radius 1 is 1.29 bits per heavy atom. The van der Waals surface area contributed by atoms with Gasteiger partial charge in [0.05, 0.1) is 8.15 Å². The van der Waals surface area contributed by atoms with Crippen molar-refractivity contribution >= 4 is 35.6 Å². The van der Waals surface area contributed by atoms with E-state index in [0.717, 1.165) is 16.5 Å². The number of carbonyl (C=O) groups is 1. The van der Waals surface area contributed by atoms with Crippen LogP contribution in [0.15, 0.2) is 42.5 Å². The van der Waals surface area contributed by atoms with E-state index in [-0.39, 0.29) is 11.5 Å². The summed E-state index contributed by atoms with van der Waals surface area (Å²) in [5.74, 6) is -0.933. The van der Waals surface area contributed by atoms with Gasteiger partial charge < -0.3 is 15.2 Å². The van der Waals surface area contributed by atoms with Crippen molar-refractivity contribution in [2.24, 2.45) is 5.73 Å². The lowest BCUT2D eigenvalue weighted by Crippen LogP contribution is -2.25. The Labute approximate surface area is 140 Å². The Balaban J connectivity index is 2.31. The van der Waals surface area contributed by atoms with Crippen molar-refractivity contribution in [1.82, 2.24) is 4.98 Å². The molecule has 24 heavy (non-hydrogen) atoms. The van der Waals surface area contributed by atoms with Crippen LogP contribution in [0, 0.1) is 12.7 Å². The van der Waals surface area contributed by atoms with Crippen LogP contribution in [0.2, 0.25) is 0 Å². The number of nitrogens with one attached hydrogen (secondary N) is 1.